The van der Waals surface area contributed by atoms with E-state index in [9.17, 15) is 0 Å². The maximum atomic E-state index is 8.80. The molecule has 1 radical (unpaired) electrons. The minimum absolute atomic E-state index is 0. The van der Waals surface area contributed by atoms with Gasteiger partial charge in [0, 0.05) is 34.7 Å². The zero-order chi connectivity index (χ0) is 34.6. The number of para-hydroxylation sites is 2. The van der Waals surface area contributed by atoms with Gasteiger partial charge in [-0.2, -0.15) is 0 Å². The molecule has 9 aromatic rings. The van der Waals surface area contributed by atoms with E-state index in [1.54, 1.807) is 6.20 Å². The third kappa shape index (κ3) is 7.12. The number of thiophene rings is 1. The van der Waals surface area contributed by atoms with Crippen LogP contribution in [0.25, 0.3) is 60.6 Å². The molecule has 0 aliphatic carbocycles. The van der Waals surface area contributed by atoms with Crippen molar-refractivity contribution in [2.75, 3.05) is 0 Å². The minimum Gasteiger partial charge on any atom is -0.333 e. The predicted octanol–water partition coefficient (Wildman–Crippen LogP) is 11.5. The van der Waals surface area contributed by atoms with Crippen molar-refractivity contribution in [3.8, 4) is 39.5 Å². The van der Waals surface area contributed by atoms with Crippen molar-refractivity contribution in [3.05, 3.63) is 199 Å². The van der Waals surface area contributed by atoms with Crippen LogP contribution in [-0.4, -0.2) is 14.5 Å². The molecule has 0 fully saturated rings. The first kappa shape index (κ1) is 30.6. The Hall–Kier alpha value is -5.45. The first-order chi connectivity index (χ1) is 25.1. The molecule has 0 N–H and O–H groups in total. The predicted molar refractivity (Wildman–Crippen MR) is 204 cm³/mol. The molecule has 0 saturated carbocycles. The Balaban J connectivity index is 0.000000275. The molecule has 3 aromatic heterocycles. The van der Waals surface area contributed by atoms with Gasteiger partial charge >= 0.3 is 0 Å². The summed E-state index contributed by atoms with van der Waals surface area (Å²) >= 11 is 1.50. The van der Waals surface area contributed by atoms with Gasteiger partial charge in [0.1, 0.15) is 0 Å². The quantitative estimate of drug-likeness (QED) is 0.156. The number of pyridine rings is 1. The number of fused-ring (bicyclic) bond motifs is 2. The monoisotopic (exact) mass is 840 g/mol. The van der Waals surface area contributed by atoms with E-state index in [1.807, 2.05) is 115 Å². The average molecular weight is 840 g/mol. The summed E-state index contributed by atoms with van der Waals surface area (Å²) in [5, 5.41) is 4.51. The molecule has 243 valence electrons. The maximum Gasteiger partial charge on any atom is 0.0774 e. The van der Waals surface area contributed by atoms with Crippen LogP contribution in [0.2, 0.25) is 0 Å². The van der Waals surface area contributed by atoms with Gasteiger partial charge in [0.2, 0.25) is 0 Å². The molecule has 9 rings (SSSR count). The van der Waals surface area contributed by atoms with Crippen molar-refractivity contribution in [2.24, 2.45) is 0 Å². The average Bonchev–Trinajstić information content (AvgIpc) is 3.81. The number of hydrogen-bond donors (Lipinski definition) is 0. The molecule has 5 heteroatoms. The molecule has 0 amide bonds. The molecule has 3 heterocycles. The van der Waals surface area contributed by atoms with E-state index in [-0.39, 0.29) is 20.1 Å². The van der Waals surface area contributed by atoms with Crippen LogP contribution in [0.3, 0.4) is 0 Å². The van der Waals surface area contributed by atoms with Gasteiger partial charge in [0.15, 0.2) is 0 Å². The van der Waals surface area contributed by atoms with Gasteiger partial charge in [-0.15, -0.1) is 47.3 Å². The minimum atomic E-state index is -1.59. The van der Waals surface area contributed by atoms with Crippen molar-refractivity contribution in [2.45, 2.75) is 6.37 Å². The van der Waals surface area contributed by atoms with Crippen LogP contribution in [-0.2, 0) is 26.5 Å². The van der Waals surface area contributed by atoms with Crippen LogP contribution in [0.15, 0.2) is 176 Å². The van der Waals surface area contributed by atoms with Crippen LogP contribution in [0.1, 0.15) is 13.9 Å². The second-order valence-corrected chi connectivity index (χ2v) is 12.3. The fourth-order valence-electron chi connectivity index (χ4n) is 5.87. The molecule has 0 aliphatic heterocycles. The molecule has 0 bridgehead atoms. The smallest absolute Gasteiger partial charge is 0.0774 e. The third-order valence-corrected chi connectivity index (χ3v) is 9.11. The van der Waals surface area contributed by atoms with E-state index in [2.05, 4.69) is 75.6 Å². The van der Waals surface area contributed by atoms with Crippen LogP contribution in [0, 0.1) is 11.4 Å². The van der Waals surface area contributed by atoms with Crippen molar-refractivity contribution >= 4 is 32.5 Å². The Labute approximate surface area is 312 Å². The topological polar surface area (TPSA) is 30.7 Å². The summed E-state index contributed by atoms with van der Waals surface area (Å²) in [6, 6.07) is 59.1. The first-order valence-corrected chi connectivity index (χ1v) is 16.9. The number of aromatic nitrogens is 3. The summed E-state index contributed by atoms with van der Waals surface area (Å²) in [4.78, 5) is 9.26. The fourth-order valence-corrected chi connectivity index (χ4v) is 6.75. The number of hydrogen-bond acceptors (Lipinski definition) is 3. The molecule has 0 saturated heterocycles. The molecule has 0 unspecified atom stereocenters. The zero-order valence-corrected chi connectivity index (χ0v) is 30.0. The maximum absolute atomic E-state index is 8.80. The summed E-state index contributed by atoms with van der Waals surface area (Å²) in [5.41, 5.74) is 9.54. The molecule has 6 aromatic carbocycles. The fraction of sp³-hybridized carbons (Fsp3) is 0.0222. The van der Waals surface area contributed by atoms with Gasteiger partial charge in [0.25, 0.3) is 0 Å². The molecule has 50 heavy (non-hydrogen) atoms. The molecular weight excluding hydrogens is 807 g/mol. The second-order valence-electron chi connectivity index (χ2n) is 11.4. The Morgan fingerprint density at radius 2 is 1.38 bits per heavy atom. The van der Waals surface area contributed by atoms with E-state index >= 15 is 0 Å². The van der Waals surface area contributed by atoms with Crippen molar-refractivity contribution in [1.82, 2.24) is 14.5 Å². The van der Waals surface area contributed by atoms with Gasteiger partial charge in [-0.05, 0) is 59.1 Å². The Morgan fingerprint density at radius 3 is 2.14 bits per heavy atom. The third-order valence-electron chi connectivity index (χ3n) is 8.24. The van der Waals surface area contributed by atoms with Crippen LogP contribution in [0.4, 0.5) is 0 Å². The summed E-state index contributed by atoms with van der Waals surface area (Å²) in [5.74, 6) is 0.828. The van der Waals surface area contributed by atoms with Gasteiger partial charge < -0.3 is 9.55 Å². The molecular formula is C45H31IrN3S-2. The van der Waals surface area contributed by atoms with Gasteiger partial charge in [0.05, 0.1) is 16.9 Å². The molecule has 0 spiro atoms. The van der Waals surface area contributed by atoms with Crippen molar-refractivity contribution < 1.29 is 22.8 Å². The zero-order valence-electron chi connectivity index (χ0n) is 28.8. The Morgan fingerprint density at radius 1 is 0.660 bits per heavy atom. The summed E-state index contributed by atoms with van der Waals surface area (Å²) in [6.45, 7) is 0. The molecule has 3 nitrogen and oxygen atoms in total. The SMILES string of the molecule is [2H]C([2H])(c1ccccc1)c1ccc2c(-c3nc4ccccc4n3-c3ccc(-c4ccccc4)cc3)[c-]sc2c1.[Ir].[c-]1ccccc1-c1ccccn1. The number of imidazole rings is 1. The molecule has 0 atom stereocenters. The Bertz CT molecular complexity index is 2500. The van der Waals surface area contributed by atoms with Crippen LogP contribution >= 0.6 is 11.3 Å². The molecule has 0 aliphatic rings. The largest absolute Gasteiger partial charge is 0.333 e. The van der Waals surface area contributed by atoms with Crippen molar-refractivity contribution in [3.63, 3.8) is 0 Å². The van der Waals surface area contributed by atoms with E-state index in [0.717, 1.165) is 55.0 Å². The van der Waals surface area contributed by atoms with Gasteiger partial charge in [-0.25, -0.2) is 0 Å². The second kappa shape index (κ2) is 15.4. The number of nitrogens with zero attached hydrogens (tertiary/aromatic N) is 3. The van der Waals surface area contributed by atoms with E-state index in [4.69, 9.17) is 7.73 Å². The van der Waals surface area contributed by atoms with E-state index < -0.39 is 6.37 Å². The van der Waals surface area contributed by atoms with E-state index in [1.165, 1.54) is 16.9 Å². The van der Waals surface area contributed by atoms with Crippen LogP contribution in [0.5, 0.6) is 0 Å². The standard InChI is InChI=1S/C34H23N2S.C11H8N.Ir/c1-3-9-24(10-4-1)21-25-15-20-29-30(23-37-33(29)22-25)34-35-31-13-7-8-14-32(31)36(34)28-18-16-27(17-19-28)26-11-5-2-6-12-26;1-2-6-10(7-3-1)11-8-4-5-9-12-11;/h1-20,22H,21H2;1-6,8-9H;/q2*-1;/i21D2;;. The normalized spacial score (nSPS) is 11.6. The van der Waals surface area contributed by atoms with E-state index in [0.29, 0.717) is 11.1 Å². The first-order valence-electron chi connectivity index (χ1n) is 17.1. The van der Waals surface area contributed by atoms with Crippen molar-refractivity contribution in [1.29, 1.82) is 0 Å². The van der Waals surface area contributed by atoms with Gasteiger partial charge in [-0.1, -0.05) is 130 Å². The number of rotatable bonds is 6. The summed E-state index contributed by atoms with van der Waals surface area (Å²) in [7, 11) is 0. The summed E-state index contributed by atoms with van der Waals surface area (Å²) < 4.78 is 20.8. The van der Waals surface area contributed by atoms with Crippen LogP contribution < -0.4 is 0 Å². The number of benzene rings is 6. The van der Waals surface area contributed by atoms with Gasteiger partial charge in [-0.3, -0.25) is 16.3 Å². The summed E-state index contributed by atoms with van der Waals surface area (Å²) in [6.07, 6.45) is 0.198. The Kier molecular flexibility index (Phi) is 9.42.